The molecule has 2 aromatic heterocycles. The minimum Gasteiger partial charge on any atom is -0.466 e. The Morgan fingerprint density at radius 1 is 1.10 bits per heavy atom. The van der Waals surface area contributed by atoms with E-state index in [4.69, 9.17) is 5.14 Å². The molecule has 2 rings (SSSR count). The van der Waals surface area contributed by atoms with Crippen molar-refractivity contribution in [2.75, 3.05) is 5.75 Å². The Morgan fingerprint density at radius 2 is 1.61 bits per heavy atom. The van der Waals surface area contributed by atoms with Crippen molar-refractivity contribution in [3.8, 4) is 0 Å². The second kappa shape index (κ2) is 9.82. The van der Waals surface area contributed by atoms with Gasteiger partial charge in [-0.3, -0.25) is 4.98 Å². The fourth-order valence-corrected chi connectivity index (χ4v) is 5.31. The summed E-state index contributed by atoms with van der Waals surface area (Å²) in [4.78, 5) is 9.17. The van der Waals surface area contributed by atoms with E-state index in [1.54, 1.807) is 0 Å². The summed E-state index contributed by atoms with van der Waals surface area (Å²) < 4.78 is 25.7. The van der Waals surface area contributed by atoms with Crippen LogP contribution in [-0.4, -0.2) is 37.1 Å². The van der Waals surface area contributed by atoms with Gasteiger partial charge in [-0.15, -0.1) is 12.0 Å². The summed E-state index contributed by atoms with van der Waals surface area (Å²) in [6.07, 6.45) is 0. The van der Waals surface area contributed by atoms with Gasteiger partial charge >= 0.3 is 0 Å². The van der Waals surface area contributed by atoms with Crippen molar-refractivity contribution in [1.29, 1.82) is 0 Å². The van der Waals surface area contributed by atoms with Crippen molar-refractivity contribution in [3.05, 3.63) is 35.7 Å². The Balaban J connectivity index is 0.00000450. The summed E-state index contributed by atoms with van der Waals surface area (Å²) in [5, 5.41) is 6.41. The molecule has 9 heteroatoms. The maximum Gasteiger partial charge on any atom is 0.207 e. The van der Waals surface area contributed by atoms with Crippen LogP contribution < -0.4 is 5.14 Å². The molecule has 6 nitrogen and oxygen atoms in total. The number of aryl methyl sites for hydroxylation is 3. The monoisotopic (exact) mass is 520 g/mol. The third kappa shape index (κ3) is 6.33. The quantitative estimate of drug-likeness (QED) is 0.443. The SMILES string of the molecule is Cc1nc(C)c2cc(C)n([CH-]C(C)(C)C(C)(C)[C-](C)C(C)(C)CS(N)(=O)=O)c2n1.[B].[Y]. The van der Waals surface area contributed by atoms with E-state index >= 15 is 0 Å². The first-order valence-corrected chi connectivity index (χ1v) is 11.6. The van der Waals surface area contributed by atoms with Crippen LogP contribution in [0.4, 0.5) is 0 Å². The zero-order chi connectivity index (χ0) is 22.6. The minimum absolute atomic E-state index is 0. The van der Waals surface area contributed by atoms with Crippen molar-refractivity contribution >= 4 is 29.5 Å². The molecule has 0 unspecified atom stereocenters. The van der Waals surface area contributed by atoms with Crippen LogP contribution in [0, 0.1) is 49.5 Å². The van der Waals surface area contributed by atoms with Crippen molar-refractivity contribution in [1.82, 2.24) is 14.5 Å². The third-order valence-corrected chi connectivity index (χ3v) is 7.89. The number of hydrogen-bond acceptors (Lipinski definition) is 4. The normalized spacial score (nSPS) is 13.2. The van der Waals surface area contributed by atoms with E-state index < -0.39 is 15.4 Å². The van der Waals surface area contributed by atoms with E-state index in [0.29, 0.717) is 0 Å². The maximum absolute atomic E-state index is 11.8. The van der Waals surface area contributed by atoms with Gasteiger partial charge in [-0.1, -0.05) is 65.6 Å². The summed E-state index contributed by atoms with van der Waals surface area (Å²) in [5.41, 5.74) is 1.81. The summed E-state index contributed by atoms with van der Waals surface area (Å²) in [7, 11) is -3.58. The van der Waals surface area contributed by atoms with Gasteiger partial charge in [0.2, 0.25) is 10.0 Å². The number of fused-ring (bicyclic) bond motifs is 1. The van der Waals surface area contributed by atoms with Crippen LogP contribution in [0.1, 0.15) is 65.7 Å². The molecular weight excluding hydrogens is 484 g/mol. The molecule has 2 heterocycles. The topological polar surface area (TPSA) is 90.9 Å². The van der Waals surface area contributed by atoms with Gasteiger partial charge < -0.3 is 10.5 Å². The van der Waals surface area contributed by atoms with Crippen LogP contribution in [0.3, 0.4) is 0 Å². The molecule has 0 aliphatic rings. The predicted molar refractivity (Wildman–Crippen MR) is 125 cm³/mol. The summed E-state index contributed by atoms with van der Waals surface area (Å²) in [6, 6.07) is 2.12. The Hall–Kier alpha value is -0.431. The molecule has 0 aliphatic heterocycles. The first kappa shape index (κ1) is 30.6. The Labute approximate surface area is 216 Å². The molecule has 0 fully saturated rings. The van der Waals surface area contributed by atoms with Crippen LogP contribution in [0.2, 0.25) is 0 Å². The minimum atomic E-state index is -3.58. The molecule has 0 amide bonds. The van der Waals surface area contributed by atoms with E-state index in [9.17, 15) is 8.42 Å². The second-order valence-electron chi connectivity index (χ2n) is 10.0. The Morgan fingerprint density at radius 3 is 2.10 bits per heavy atom. The summed E-state index contributed by atoms with van der Waals surface area (Å²) in [6.45, 7) is 22.8. The second-order valence-corrected chi connectivity index (χ2v) is 11.7. The first-order valence-electron chi connectivity index (χ1n) is 9.93. The zero-order valence-corrected chi connectivity index (χ0v) is 24.3. The fourth-order valence-electron chi connectivity index (χ4n) is 4.09. The van der Waals surface area contributed by atoms with Gasteiger partial charge in [0.15, 0.2) is 0 Å². The molecule has 0 aromatic carbocycles. The van der Waals surface area contributed by atoms with E-state index in [1.807, 2.05) is 34.6 Å². The summed E-state index contributed by atoms with van der Waals surface area (Å²) >= 11 is 0. The Kier molecular flexibility index (Phi) is 9.69. The van der Waals surface area contributed by atoms with Crippen LogP contribution >= 0.6 is 0 Å². The van der Waals surface area contributed by atoms with Crippen molar-refractivity contribution in [2.45, 2.75) is 69.2 Å². The van der Waals surface area contributed by atoms with Gasteiger partial charge in [0, 0.05) is 58.2 Å². The van der Waals surface area contributed by atoms with Crippen molar-refractivity contribution in [2.24, 2.45) is 21.4 Å². The molecular formula is C22H36BN4O2SY-2. The molecule has 4 radical (unpaired) electrons. The zero-order valence-electron chi connectivity index (χ0n) is 20.7. The molecule has 170 valence electrons. The van der Waals surface area contributed by atoms with Gasteiger partial charge in [0.1, 0.15) is 5.82 Å². The van der Waals surface area contributed by atoms with E-state index in [-0.39, 0.29) is 57.7 Å². The largest absolute Gasteiger partial charge is 0.466 e. The standard InChI is InChI=1S/C22H36N4O2S.B.Y/c1-14-11-18-15(2)24-17(4)25-19(18)26(14)12-21(7,8)22(9,10)16(3)20(5,6)13-29(23,27)28;;/h11-12H,13H2,1-10H3,(H2,23,27,28);;/q-2;;. The van der Waals surface area contributed by atoms with Crippen molar-refractivity contribution < 1.29 is 41.1 Å². The van der Waals surface area contributed by atoms with E-state index in [2.05, 4.69) is 61.8 Å². The molecule has 0 atom stereocenters. The number of hydrogen-bond donors (Lipinski definition) is 1. The number of nitrogens with zero attached hydrogens (tertiary/aromatic N) is 3. The molecule has 0 saturated carbocycles. The molecule has 0 spiro atoms. The Bertz CT molecular complexity index is 1030. The molecule has 2 aromatic rings. The fraction of sp³-hybridized carbons (Fsp3) is 0.636. The van der Waals surface area contributed by atoms with Crippen LogP contribution in [0.15, 0.2) is 6.07 Å². The average Bonchev–Trinajstić information content (AvgIpc) is 2.80. The predicted octanol–water partition coefficient (Wildman–Crippen LogP) is 3.94. The van der Waals surface area contributed by atoms with E-state index in [1.165, 1.54) is 0 Å². The number of aromatic nitrogens is 3. The molecule has 2 N–H and O–H groups in total. The van der Waals surface area contributed by atoms with Gasteiger partial charge in [0.25, 0.3) is 0 Å². The molecule has 0 bridgehead atoms. The third-order valence-electron chi connectivity index (χ3n) is 6.77. The van der Waals surface area contributed by atoms with Crippen LogP contribution in [-0.2, 0) is 42.7 Å². The molecule has 0 aliphatic carbocycles. The van der Waals surface area contributed by atoms with E-state index in [0.717, 1.165) is 34.2 Å². The number of sulfonamides is 1. The number of rotatable bonds is 7. The summed E-state index contributed by atoms with van der Waals surface area (Å²) in [5.74, 6) is 1.76. The van der Waals surface area contributed by atoms with Gasteiger partial charge in [-0.2, -0.15) is 12.3 Å². The smallest absolute Gasteiger partial charge is 0.207 e. The molecule has 31 heavy (non-hydrogen) atoms. The average molecular weight is 520 g/mol. The van der Waals surface area contributed by atoms with Crippen LogP contribution in [0.5, 0.6) is 0 Å². The first-order chi connectivity index (χ1) is 12.9. The van der Waals surface area contributed by atoms with Crippen LogP contribution in [0.25, 0.3) is 11.0 Å². The van der Waals surface area contributed by atoms with Gasteiger partial charge in [-0.25, -0.2) is 18.5 Å². The van der Waals surface area contributed by atoms with Crippen molar-refractivity contribution in [3.63, 3.8) is 0 Å². The van der Waals surface area contributed by atoms with Gasteiger partial charge in [-0.05, 0) is 19.2 Å². The maximum atomic E-state index is 11.8. The number of primary sulfonamides is 1. The number of nitrogens with two attached hydrogens (primary N) is 1. The van der Waals surface area contributed by atoms with Gasteiger partial charge in [0.05, 0.1) is 0 Å². The molecule has 0 saturated heterocycles.